The summed E-state index contributed by atoms with van der Waals surface area (Å²) in [6, 6.07) is 0. The van der Waals surface area contributed by atoms with Crippen molar-refractivity contribution < 1.29 is 297 Å². The van der Waals surface area contributed by atoms with Crippen LogP contribution in [0.5, 0.6) is 0 Å². The molecule has 0 radical (unpaired) electrons. The van der Waals surface area contributed by atoms with Crippen LogP contribution in [0.4, 0.5) is 0 Å². The zero-order valence-electron chi connectivity index (χ0n) is 36.1. The molecule has 0 amide bonds. The Hall–Kier alpha value is 4.47. The van der Waals surface area contributed by atoms with Gasteiger partial charge >= 0.3 is 69.4 Å². The third kappa shape index (κ3) is 193. The van der Waals surface area contributed by atoms with Crippen LogP contribution in [0, 0.1) is 0 Å². The summed E-state index contributed by atoms with van der Waals surface area (Å²) in [4.78, 5) is 336. The van der Waals surface area contributed by atoms with Crippen molar-refractivity contribution in [3.63, 3.8) is 0 Å². The summed E-state index contributed by atoms with van der Waals surface area (Å²) in [5.74, 6) is 0. The van der Waals surface area contributed by atoms with Gasteiger partial charge in [-0.1, -0.05) is 0 Å². The van der Waals surface area contributed by atoms with Crippen molar-refractivity contribution in [1.29, 1.82) is 0 Å². The molecule has 0 atom stereocenters. The molecule has 504 valence electrons. The summed E-state index contributed by atoms with van der Waals surface area (Å²) in [7, 11) is -102. The van der Waals surface area contributed by atoms with Crippen molar-refractivity contribution >= 4 is 210 Å². The summed E-state index contributed by atoms with van der Waals surface area (Å²) in [6.45, 7) is 0. The van der Waals surface area contributed by atoms with Gasteiger partial charge in [0.15, 0.2) is 0 Å². The SMILES string of the molecule is O=P([O-])([O-])OP(=O)([O-])[O-].O=P([O-])([O-])OP(=O)([O-])[O-].O=P([O-])([O-])OP(=O)([O-])[O-].O=P([O-])([O-])OP(=O)([O-])[O-].O=P([O-])([O-])OP(=O)([O-])[O-].O=P([O-])([O-])OP(=O)([O-])[O-].O=P([O-])([O-])OP(=O)([O-])[O-].O=P([O-])([O-])OP(=O)([O-])[O-].O=P([O-])([O-])OP(=O)([O-])[O-].[Al+3].[Al+3].[Al+3].[Al+3]. The molecule has 0 unspecified atom stereocenters. The van der Waals surface area contributed by atoms with Gasteiger partial charge in [0, 0.05) is 0 Å². The summed E-state index contributed by atoms with van der Waals surface area (Å²) in [5, 5.41) is 0. The molecule has 63 nitrogen and oxygen atoms in total. The largest absolute Gasteiger partial charge is 3.00 e. The van der Waals surface area contributed by atoms with Crippen molar-refractivity contribution in [3.05, 3.63) is 0 Å². The Morgan fingerprint density at radius 3 is 0.129 bits per heavy atom. The van der Waals surface area contributed by atoms with Gasteiger partial charge < -0.3 is 297 Å². The molecule has 0 aromatic carbocycles. The van der Waals surface area contributed by atoms with E-state index in [-0.39, 0.29) is 69.4 Å². The van der Waals surface area contributed by atoms with Crippen LogP contribution in [0.3, 0.4) is 0 Å². The zero-order valence-corrected chi connectivity index (χ0v) is 56.8. The van der Waals surface area contributed by atoms with Crippen molar-refractivity contribution in [1.82, 2.24) is 0 Å². The Bertz CT molecular complexity index is 1950. The van der Waals surface area contributed by atoms with Crippen molar-refractivity contribution in [3.8, 4) is 0 Å². The van der Waals surface area contributed by atoms with Crippen molar-refractivity contribution in [2.45, 2.75) is 0 Å². The molecule has 0 aromatic heterocycles. The minimum Gasteiger partial charge on any atom is -0.790 e. The predicted molar refractivity (Wildman–Crippen MR) is 170 cm³/mol. The van der Waals surface area contributed by atoms with Crippen LogP contribution in [0.1, 0.15) is 0 Å². The topological polar surface area (TPSA) is 1220 Å². The standard InChI is InChI=1S/4Al.9H4O7P2/c;;;;9*1-8(2,3)7-9(4,5)6/h;;;;9*(H2,1,2,3)(H2,4,5,6)/q4*+3;;;;;;;;;/p-36. The molecule has 0 saturated heterocycles. The third-order valence-electron chi connectivity index (χ3n) is 1.80. The molecule has 85 heavy (non-hydrogen) atoms. The van der Waals surface area contributed by atoms with Gasteiger partial charge in [-0.05, 0) is 0 Å². The summed E-state index contributed by atoms with van der Waals surface area (Å²) in [6.07, 6.45) is 0. The molecule has 0 heterocycles. The Morgan fingerprint density at radius 1 is 0.106 bits per heavy atom. The second kappa shape index (κ2) is 45.9. The van der Waals surface area contributed by atoms with E-state index in [0.29, 0.717) is 0 Å². The van der Waals surface area contributed by atoms with Gasteiger partial charge in [-0.15, -0.1) is 0 Å². The zero-order chi connectivity index (χ0) is 69.4. The molecule has 0 N–H and O–H groups in total. The monoisotopic (exact) mass is 1670 g/mol. The first-order chi connectivity index (χ1) is 33.4. The maximum absolute atomic E-state index is 9.32. The van der Waals surface area contributed by atoms with E-state index >= 15 is 0 Å². The number of phosphoric acid groups is 18. The first-order valence-electron chi connectivity index (χ1n) is 13.1. The molecule has 0 saturated carbocycles. The van der Waals surface area contributed by atoms with Gasteiger partial charge in [-0.3, -0.25) is 0 Å². The minimum atomic E-state index is -5.68. The molecular weight excluding hydrogens is 1670 g/mol. The molecule has 0 bridgehead atoms. The summed E-state index contributed by atoms with van der Waals surface area (Å²) >= 11 is 0. The first-order valence-corrected chi connectivity index (χ1v) is 39.4. The maximum atomic E-state index is 9.32. The minimum absolute atomic E-state index is 0. The molecular formula is Al4O63P18-24. The average Bonchev–Trinajstić information content (AvgIpc) is 2.81. The van der Waals surface area contributed by atoms with Gasteiger partial charge in [0.2, 0.25) is 0 Å². The second-order valence-electron chi connectivity index (χ2n) is 8.78. The van der Waals surface area contributed by atoms with E-state index in [1.165, 1.54) is 0 Å². The summed E-state index contributed by atoms with van der Waals surface area (Å²) in [5.41, 5.74) is 0. The molecule has 0 aliphatic carbocycles. The summed E-state index contributed by atoms with van der Waals surface area (Å²) < 4.78 is 190. The van der Waals surface area contributed by atoms with Crippen LogP contribution < -0.4 is 176 Å². The molecule has 0 fully saturated rings. The maximum Gasteiger partial charge on any atom is 3.00 e. The molecule has 0 aliphatic rings. The quantitative estimate of drug-likeness (QED) is 0.0908. The smallest absolute Gasteiger partial charge is 0.790 e. The molecule has 0 aliphatic heterocycles. The fourth-order valence-corrected chi connectivity index (χ4v) is 9.92. The van der Waals surface area contributed by atoms with Crippen LogP contribution >= 0.6 is 141 Å². The van der Waals surface area contributed by atoms with Crippen molar-refractivity contribution in [2.75, 3.05) is 0 Å². The van der Waals surface area contributed by atoms with Gasteiger partial charge in [0.05, 0.1) is 141 Å². The van der Waals surface area contributed by atoms with Gasteiger partial charge in [0.1, 0.15) is 0 Å². The van der Waals surface area contributed by atoms with Gasteiger partial charge in [-0.2, -0.15) is 0 Å². The Morgan fingerprint density at radius 2 is 0.129 bits per heavy atom. The van der Waals surface area contributed by atoms with Gasteiger partial charge in [0.25, 0.3) is 0 Å². The van der Waals surface area contributed by atoms with Crippen LogP contribution in [0.25, 0.3) is 0 Å². The van der Waals surface area contributed by atoms with E-state index in [1.807, 2.05) is 0 Å². The van der Waals surface area contributed by atoms with E-state index in [4.69, 9.17) is 0 Å². The molecule has 85 heteroatoms. The normalized spacial score (nSPS) is 13.1. The third-order valence-corrected chi connectivity index (χ3v) is 16.2. The van der Waals surface area contributed by atoms with E-state index < -0.39 is 141 Å². The number of hydrogen-bond acceptors (Lipinski definition) is 63. The Balaban J connectivity index is -0.0000000620. The number of hydrogen-bond donors (Lipinski definition) is 0. The van der Waals surface area contributed by atoms with E-state index in [2.05, 4.69) is 38.8 Å². The van der Waals surface area contributed by atoms with E-state index in [0.717, 1.165) is 0 Å². The Labute approximate surface area is 504 Å². The second-order valence-corrected chi connectivity index (χ2v) is 30.8. The number of rotatable bonds is 18. The molecule has 0 spiro atoms. The van der Waals surface area contributed by atoms with E-state index in [9.17, 15) is 258 Å². The van der Waals surface area contributed by atoms with E-state index in [1.54, 1.807) is 0 Å². The fraction of sp³-hybridized carbons (Fsp3) is 0. The first kappa shape index (κ1) is 120. The van der Waals surface area contributed by atoms with Gasteiger partial charge in [-0.25, -0.2) is 0 Å². The molecule has 0 aromatic rings. The van der Waals surface area contributed by atoms with Crippen molar-refractivity contribution in [2.24, 2.45) is 0 Å². The molecule has 0 rings (SSSR count). The van der Waals surface area contributed by atoms with Crippen LogP contribution in [0.2, 0.25) is 0 Å². The van der Waals surface area contributed by atoms with Crippen LogP contribution in [-0.4, -0.2) is 69.4 Å². The Kier molecular flexibility index (Phi) is 64.6. The predicted octanol–water partition coefficient (Wildman–Crippen LogP) is -31.6. The fourth-order valence-electron chi connectivity index (χ4n) is 1.10. The van der Waals surface area contributed by atoms with Crippen LogP contribution in [-0.2, 0) is 121 Å². The average molecular weight is 1670 g/mol. The van der Waals surface area contributed by atoms with Crippen LogP contribution in [0.15, 0.2) is 0 Å².